The van der Waals surface area contributed by atoms with E-state index in [1.807, 2.05) is 6.92 Å². The highest BCUT2D eigenvalue weighted by molar-refractivity contribution is 6.30. The highest BCUT2D eigenvalue weighted by Gasteiger charge is 2.15. The molecule has 160 valence electrons. The molecule has 1 aliphatic rings. The fourth-order valence-electron chi connectivity index (χ4n) is 3.00. The number of aryl methyl sites for hydroxylation is 1. The molecule has 3 rings (SSSR count). The number of Topliss-reactive ketones (excluding diaryl/α,β-unsaturated/α-hetero) is 1. The number of anilines is 1. The number of amides is 1. The monoisotopic (exact) mass is 432 g/mol. The topological polar surface area (TPSA) is 93.6 Å². The van der Waals surface area contributed by atoms with E-state index in [4.69, 9.17) is 21.1 Å². The molecule has 1 amide bonds. The number of halogens is 1. The van der Waals surface area contributed by atoms with Crippen molar-refractivity contribution in [2.24, 2.45) is 0 Å². The first-order chi connectivity index (χ1) is 14.5. The normalized spacial score (nSPS) is 13.7. The molecule has 2 aromatic rings. The van der Waals surface area contributed by atoms with E-state index in [1.54, 1.807) is 30.3 Å². The maximum atomic E-state index is 12.1. The third kappa shape index (κ3) is 6.67. The first-order valence-electron chi connectivity index (χ1n) is 9.88. The van der Waals surface area contributed by atoms with Gasteiger partial charge in [-0.3, -0.25) is 9.59 Å². The molecule has 0 aliphatic carbocycles. The van der Waals surface area contributed by atoms with Crippen LogP contribution in [0.25, 0.3) is 0 Å². The summed E-state index contributed by atoms with van der Waals surface area (Å²) in [5.74, 6) is 1.61. The zero-order valence-electron chi connectivity index (χ0n) is 16.9. The smallest absolute Gasteiger partial charge is 0.220 e. The molecule has 1 aromatic carbocycles. The Labute approximate surface area is 180 Å². The van der Waals surface area contributed by atoms with Crippen molar-refractivity contribution in [2.45, 2.75) is 19.8 Å². The summed E-state index contributed by atoms with van der Waals surface area (Å²) in [7, 11) is 0. The van der Waals surface area contributed by atoms with Gasteiger partial charge in [0.15, 0.2) is 5.78 Å². The SMILES string of the molecule is Cc1nc(OCCNC(=O)CCC(=O)c2ccc(Cl)cc2)cc(N2CCOCC2)n1. The van der Waals surface area contributed by atoms with Gasteiger partial charge in [-0.1, -0.05) is 11.6 Å². The average Bonchev–Trinajstić information content (AvgIpc) is 2.76. The van der Waals surface area contributed by atoms with Gasteiger partial charge in [0.25, 0.3) is 0 Å². The highest BCUT2D eigenvalue weighted by atomic mass is 35.5. The summed E-state index contributed by atoms with van der Waals surface area (Å²) in [6.45, 7) is 5.31. The number of ether oxygens (including phenoxy) is 2. The third-order valence-electron chi connectivity index (χ3n) is 4.56. The van der Waals surface area contributed by atoms with Crippen molar-refractivity contribution in [2.75, 3.05) is 44.4 Å². The predicted molar refractivity (Wildman–Crippen MR) is 113 cm³/mol. The Morgan fingerprint density at radius 3 is 2.63 bits per heavy atom. The zero-order chi connectivity index (χ0) is 21.3. The van der Waals surface area contributed by atoms with Gasteiger partial charge in [-0.15, -0.1) is 0 Å². The quantitative estimate of drug-likeness (QED) is 0.480. The Balaban J connectivity index is 1.39. The minimum Gasteiger partial charge on any atom is -0.476 e. The highest BCUT2D eigenvalue weighted by Crippen LogP contribution is 2.18. The number of rotatable bonds is 9. The number of carbonyl (C=O) groups is 2. The lowest BCUT2D eigenvalue weighted by Gasteiger charge is -2.28. The summed E-state index contributed by atoms with van der Waals surface area (Å²) in [5, 5.41) is 3.32. The minimum atomic E-state index is -0.200. The molecular weight excluding hydrogens is 408 g/mol. The molecule has 0 bridgehead atoms. The van der Waals surface area contributed by atoms with Crippen molar-refractivity contribution in [3.8, 4) is 5.88 Å². The third-order valence-corrected chi connectivity index (χ3v) is 4.81. The lowest BCUT2D eigenvalue weighted by atomic mass is 10.1. The number of hydrogen-bond acceptors (Lipinski definition) is 7. The fourth-order valence-corrected chi connectivity index (χ4v) is 3.12. The number of ketones is 1. The number of aromatic nitrogens is 2. The van der Waals surface area contributed by atoms with E-state index < -0.39 is 0 Å². The summed E-state index contributed by atoms with van der Waals surface area (Å²) < 4.78 is 11.0. The molecule has 8 nitrogen and oxygen atoms in total. The average molecular weight is 433 g/mol. The molecule has 1 N–H and O–H groups in total. The molecule has 1 aromatic heterocycles. The van der Waals surface area contributed by atoms with Crippen LogP contribution in [0.15, 0.2) is 30.3 Å². The summed E-state index contributed by atoms with van der Waals surface area (Å²) in [4.78, 5) is 34.9. The summed E-state index contributed by atoms with van der Waals surface area (Å²) in [6, 6.07) is 8.43. The van der Waals surface area contributed by atoms with Gasteiger partial charge in [0.1, 0.15) is 18.2 Å². The Kier molecular flexibility index (Phi) is 7.98. The van der Waals surface area contributed by atoms with Crippen LogP contribution in [0.4, 0.5) is 5.82 Å². The minimum absolute atomic E-state index is 0.0924. The maximum Gasteiger partial charge on any atom is 0.220 e. The van der Waals surface area contributed by atoms with Crippen LogP contribution in [0.2, 0.25) is 5.02 Å². The van der Waals surface area contributed by atoms with Gasteiger partial charge in [-0.2, -0.15) is 4.98 Å². The molecule has 1 saturated heterocycles. The van der Waals surface area contributed by atoms with E-state index in [-0.39, 0.29) is 31.1 Å². The van der Waals surface area contributed by atoms with Crippen LogP contribution >= 0.6 is 11.6 Å². The van der Waals surface area contributed by atoms with Crippen molar-refractivity contribution >= 4 is 29.1 Å². The molecule has 2 heterocycles. The second-order valence-electron chi connectivity index (χ2n) is 6.84. The van der Waals surface area contributed by atoms with E-state index in [0.717, 1.165) is 18.9 Å². The van der Waals surface area contributed by atoms with Crippen LogP contribution in [0.3, 0.4) is 0 Å². The van der Waals surface area contributed by atoms with Crippen LogP contribution in [-0.2, 0) is 9.53 Å². The van der Waals surface area contributed by atoms with Gasteiger partial charge in [-0.25, -0.2) is 4.98 Å². The number of carbonyl (C=O) groups excluding carboxylic acids is 2. The van der Waals surface area contributed by atoms with Gasteiger partial charge in [0.05, 0.1) is 19.8 Å². The first kappa shape index (κ1) is 22.0. The predicted octanol–water partition coefficient (Wildman–Crippen LogP) is 2.43. The summed E-state index contributed by atoms with van der Waals surface area (Å²) >= 11 is 5.81. The second kappa shape index (κ2) is 10.9. The van der Waals surface area contributed by atoms with Crippen LogP contribution in [0, 0.1) is 6.92 Å². The molecule has 1 fully saturated rings. The molecular formula is C21H25ClN4O4. The Morgan fingerprint density at radius 2 is 1.90 bits per heavy atom. The molecule has 0 atom stereocenters. The Hall–Kier alpha value is -2.71. The number of nitrogens with one attached hydrogen (secondary N) is 1. The van der Waals surface area contributed by atoms with Gasteiger partial charge in [-0.05, 0) is 31.2 Å². The Morgan fingerprint density at radius 1 is 1.17 bits per heavy atom. The van der Waals surface area contributed by atoms with E-state index in [0.29, 0.717) is 42.0 Å². The fraction of sp³-hybridized carbons (Fsp3) is 0.429. The van der Waals surface area contributed by atoms with Crippen LogP contribution in [-0.4, -0.2) is 61.1 Å². The van der Waals surface area contributed by atoms with E-state index in [9.17, 15) is 9.59 Å². The number of hydrogen-bond donors (Lipinski definition) is 1. The van der Waals surface area contributed by atoms with Gasteiger partial charge in [0.2, 0.25) is 11.8 Å². The van der Waals surface area contributed by atoms with Gasteiger partial charge < -0.3 is 19.7 Å². The number of benzene rings is 1. The summed E-state index contributed by atoms with van der Waals surface area (Å²) in [6.07, 6.45) is 0.261. The molecule has 0 saturated carbocycles. The van der Waals surface area contributed by atoms with Crippen molar-refractivity contribution in [3.63, 3.8) is 0 Å². The molecule has 0 spiro atoms. The molecule has 30 heavy (non-hydrogen) atoms. The van der Waals surface area contributed by atoms with Crippen molar-refractivity contribution in [1.29, 1.82) is 0 Å². The molecule has 1 aliphatic heterocycles. The van der Waals surface area contributed by atoms with Crippen LogP contribution < -0.4 is 15.0 Å². The van der Waals surface area contributed by atoms with Crippen molar-refractivity contribution in [3.05, 3.63) is 46.7 Å². The lowest BCUT2D eigenvalue weighted by molar-refractivity contribution is -0.121. The second-order valence-corrected chi connectivity index (χ2v) is 7.28. The molecule has 0 unspecified atom stereocenters. The van der Waals surface area contributed by atoms with Crippen molar-refractivity contribution < 1.29 is 19.1 Å². The lowest BCUT2D eigenvalue weighted by Crippen LogP contribution is -2.37. The van der Waals surface area contributed by atoms with Crippen molar-refractivity contribution in [1.82, 2.24) is 15.3 Å². The first-order valence-corrected chi connectivity index (χ1v) is 10.3. The number of morpholine rings is 1. The standard InChI is InChI=1S/C21H25ClN4O4/c1-15-24-19(26-9-12-29-13-10-26)14-21(25-15)30-11-8-23-20(28)7-6-18(27)16-2-4-17(22)5-3-16/h2-5,14H,6-13H2,1H3,(H,23,28). The van der Waals surface area contributed by atoms with Gasteiger partial charge in [0, 0.05) is 42.6 Å². The van der Waals surface area contributed by atoms with E-state index in [1.165, 1.54) is 0 Å². The van der Waals surface area contributed by atoms with Crippen LogP contribution in [0.5, 0.6) is 5.88 Å². The van der Waals surface area contributed by atoms with Gasteiger partial charge >= 0.3 is 0 Å². The van der Waals surface area contributed by atoms with E-state index in [2.05, 4.69) is 20.2 Å². The van der Waals surface area contributed by atoms with Crippen LogP contribution in [0.1, 0.15) is 29.0 Å². The van der Waals surface area contributed by atoms with E-state index >= 15 is 0 Å². The number of nitrogens with zero attached hydrogens (tertiary/aromatic N) is 3. The largest absolute Gasteiger partial charge is 0.476 e. The molecule has 0 radical (unpaired) electrons. The zero-order valence-corrected chi connectivity index (χ0v) is 17.7. The maximum absolute atomic E-state index is 12.1. The Bertz CT molecular complexity index is 870. The summed E-state index contributed by atoms with van der Waals surface area (Å²) in [5.41, 5.74) is 0.547. The molecule has 9 heteroatoms.